The number of rotatable bonds is 5. The van der Waals surface area contributed by atoms with Gasteiger partial charge in [0.05, 0.1) is 19.5 Å². The van der Waals surface area contributed by atoms with Crippen molar-refractivity contribution in [2.45, 2.75) is 49.7 Å². The van der Waals surface area contributed by atoms with Crippen molar-refractivity contribution in [1.82, 2.24) is 0 Å². The molecule has 9 nitrogen and oxygen atoms in total. The van der Waals surface area contributed by atoms with Crippen molar-refractivity contribution in [3.8, 4) is 0 Å². The molecule has 2 fully saturated rings. The van der Waals surface area contributed by atoms with Crippen LogP contribution in [-0.2, 0) is 23.7 Å². The quantitative estimate of drug-likeness (QED) is 0.441. The van der Waals surface area contributed by atoms with Crippen LogP contribution in [0.1, 0.15) is 6.42 Å². The maximum absolute atomic E-state index is 10.1. The monoisotopic (exact) mass is 374 g/mol. The van der Waals surface area contributed by atoms with E-state index < -0.39 is 43.6 Å². The topological polar surface area (TPSA) is 127 Å². The Bertz CT molecular complexity index is 522. The normalized spacial score (nSPS) is 46.0. The lowest BCUT2D eigenvalue weighted by Gasteiger charge is -2.44. The van der Waals surface area contributed by atoms with Gasteiger partial charge in [0.15, 0.2) is 12.6 Å². The van der Waals surface area contributed by atoms with E-state index in [-0.39, 0.29) is 18.1 Å². The summed E-state index contributed by atoms with van der Waals surface area (Å²) in [6.07, 6.45) is -4.07. The van der Waals surface area contributed by atoms with Gasteiger partial charge >= 0.3 is 0 Å². The smallest absolute Gasteiger partial charge is 0.208 e. The first-order chi connectivity index (χ1) is 12.5. The zero-order chi connectivity index (χ0) is 18.8. The van der Waals surface area contributed by atoms with Crippen molar-refractivity contribution in [1.29, 1.82) is 0 Å². The van der Waals surface area contributed by atoms with E-state index in [9.17, 15) is 20.4 Å². The van der Waals surface area contributed by atoms with Crippen molar-refractivity contribution in [3.05, 3.63) is 24.5 Å². The van der Waals surface area contributed by atoms with Crippen LogP contribution >= 0.6 is 0 Å². The molecule has 9 heteroatoms. The molecule has 3 aliphatic heterocycles. The van der Waals surface area contributed by atoms with Gasteiger partial charge in [-0.2, -0.15) is 0 Å². The van der Waals surface area contributed by atoms with Gasteiger partial charge in [-0.05, 0) is 5.57 Å². The predicted octanol–water partition coefficient (Wildman–Crippen LogP) is -1.15. The molecule has 26 heavy (non-hydrogen) atoms. The summed E-state index contributed by atoms with van der Waals surface area (Å²) >= 11 is 0. The molecule has 0 amide bonds. The van der Waals surface area contributed by atoms with Gasteiger partial charge in [-0.1, -0.05) is 6.08 Å². The van der Waals surface area contributed by atoms with Crippen LogP contribution < -0.4 is 0 Å². The van der Waals surface area contributed by atoms with Crippen LogP contribution in [0.25, 0.3) is 0 Å². The largest absolute Gasteiger partial charge is 0.472 e. The number of methoxy groups -OCH3 is 1. The Morgan fingerprint density at radius 3 is 2.65 bits per heavy atom. The highest BCUT2D eigenvalue weighted by molar-refractivity contribution is 5.15. The van der Waals surface area contributed by atoms with Gasteiger partial charge in [0.2, 0.25) is 6.29 Å². The summed E-state index contributed by atoms with van der Waals surface area (Å²) in [5.41, 5.74) is 0.955. The zero-order valence-electron chi connectivity index (χ0n) is 14.5. The van der Waals surface area contributed by atoms with E-state index in [1.165, 1.54) is 0 Å². The number of ether oxygens (including phenoxy) is 5. The minimum absolute atomic E-state index is 0.0230. The van der Waals surface area contributed by atoms with Gasteiger partial charge in [-0.15, -0.1) is 6.58 Å². The number of hydrogen-bond donors (Lipinski definition) is 4. The number of aliphatic hydroxyl groups excluding tert-OH is 4. The molecule has 0 saturated carbocycles. The molecule has 0 aromatic heterocycles. The molecule has 0 spiro atoms. The van der Waals surface area contributed by atoms with Crippen molar-refractivity contribution in [3.63, 3.8) is 0 Å². The van der Waals surface area contributed by atoms with Gasteiger partial charge in [-0.3, -0.25) is 0 Å². The van der Waals surface area contributed by atoms with E-state index in [0.717, 1.165) is 5.57 Å². The summed E-state index contributed by atoms with van der Waals surface area (Å²) in [7, 11) is 1.57. The molecule has 0 aliphatic carbocycles. The minimum atomic E-state index is -1.51. The van der Waals surface area contributed by atoms with Crippen LogP contribution in [0.3, 0.4) is 0 Å². The Morgan fingerprint density at radius 1 is 1.23 bits per heavy atom. The molecule has 148 valence electrons. The summed E-state index contributed by atoms with van der Waals surface area (Å²) in [6.45, 7) is 3.69. The maximum atomic E-state index is 10.1. The molecule has 2 saturated heterocycles. The van der Waals surface area contributed by atoms with Gasteiger partial charge < -0.3 is 44.1 Å². The van der Waals surface area contributed by atoms with Crippen molar-refractivity contribution in [2.75, 3.05) is 20.3 Å². The van der Waals surface area contributed by atoms with E-state index in [1.54, 1.807) is 19.4 Å². The Morgan fingerprint density at radius 2 is 2.00 bits per heavy atom. The molecule has 3 heterocycles. The predicted molar refractivity (Wildman–Crippen MR) is 86.4 cm³/mol. The van der Waals surface area contributed by atoms with Crippen LogP contribution in [0.15, 0.2) is 24.5 Å². The number of aliphatic hydroxyl groups is 4. The Kier molecular flexibility index (Phi) is 6.31. The molecule has 9 atom stereocenters. The van der Waals surface area contributed by atoms with Crippen molar-refractivity contribution in [2.24, 2.45) is 11.8 Å². The van der Waals surface area contributed by atoms with Crippen molar-refractivity contribution < 1.29 is 44.1 Å². The van der Waals surface area contributed by atoms with Crippen LogP contribution in [0, 0.1) is 11.8 Å². The lowest BCUT2D eigenvalue weighted by atomic mass is 9.80. The summed E-state index contributed by atoms with van der Waals surface area (Å²) in [6, 6.07) is 0. The fourth-order valence-corrected chi connectivity index (χ4v) is 3.56. The van der Waals surface area contributed by atoms with Crippen LogP contribution in [-0.4, -0.2) is 84.0 Å². The Balaban J connectivity index is 1.72. The van der Waals surface area contributed by atoms with Gasteiger partial charge in [0.1, 0.15) is 24.4 Å². The maximum Gasteiger partial charge on any atom is 0.208 e. The SMILES string of the molecule is C=C[C@H]1[C@H](O[C@@H]2O[C@H](CO)[C@@H](O)[C@H](O)[C@H]2O)OC=C2CO[C@@H](OC)C[C@H]21. The molecule has 3 aliphatic rings. The number of hydrogen-bond acceptors (Lipinski definition) is 9. The fourth-order valence-electron chi connectivity index (χ4n) is 3.56. The lowest BCUT2D eigenvalue weighted by molar-refractivity contribution is -0.340. The average molecular weight is 374 g/mol. The van der Waals surface area contributed by atoms with Crippen LogP contribution in [0.2, 0.25) is 0 Å². The van der Waals surface area contributed by atoms with Crippen molar-refractivity contribution >= 4 is 0 Å². The Hall–Kier alpha value is -1.04. The summed E-state index contributed by atoms with van der Waals surface area (Å²) in [5, 5.41) is 39.2. The third kappa shape index (κ3) is 3.67. The first-order valence-electron chi connectivity index (χ1n) is 8.57. The molecule has 0 bridgehead atoms. The third-order valence-electron chi connectivity index (χ3n) is 5.14. The second-order valence-electron chi connectivity index (χ2n) is 6.66. The van der Waals surface area contributed by atoms with E-state index in [2.05, 4.69) is 6.58 Å². The first-order valence-corrected chi connectivity index (χ1v) is 8.57. The highest BCUT2D eigenvalue weighted by Gasteiger charge is 2.47. The third-order valence-corrected chi connectivity index (χ3v) is 5.14. The molecular formula is C17H26O9. The van der Waals surface area contributed by atoms with E-state index in [1.807, 2.05) is 0 Å². The molecule has 0 aromatic rings. The Labute approximate surface area is 151 Å². The molecule has 0 unspecified atom stereocenters. The van der Waals surface area contributed by atoms with E-state index >= 15 is 0 Å². The summed E-state index contributed by atoms with van der Waals surface area (Å²) < 4.78 is 27.6. The highest BCUT2D eigenvalue weighted by Crippen LogP contribution is 2.39. The lowest BCUT2D eigenvalue weighted by Crippen LogP contribution is -2.60. The van der Waals surface area contributed by atoms with Crippen LogP contribution in [0.5, 0.6) is 0 Å². The van der Waals surface area contributed by atoms with Gasteiger partial charge in [0.25, 0.3) is 0 Å². The fraction of sp³-hybridized carbons (Fsp3) is 0.765. The second kappa shape index (κ2) is 8.32. The molecule has 4 N–H and O–H groups in total. The summed E-state index contributed by atoms with van der Waals surface area (Å²) in [4.78, 5) is 0. The molecule has 0 aromatic carbocycles. The van der Waals surface area contributed by atoms with E-state index in [4.69, 9.17) is 23.7 Å². The average Bonchev–Trinajstić information content (AvgIpc) is 2.67. The standard InChI is InChI=1S/C17H26O9/c1-3-9-10-4-12(22-2)23-6-8(10)7-24-16(9)26-17-15(21)14(20)13(19)11(5-18)25-17/h3,7,9-21H,1,4-6H2,2H3/t9-,10-,11-,12-,13-,14+,15-,16+,17+/m1/s1. The van der Waals surface area contributed by atoms with Gasteiger partial charge in [-0.25, -0.2) is 0 Å². The number of fused-ring (bicyclic) bond motifs is 1. The van der Waals surface area contributed by atoms with E-state index in [0.29, 0.717) is 13.0 Å². The molecular weight excluding hydrogens is 348 g/mol. The minimum Gasteiger partial charge on any atom is -0.472 e. The zero-order valence-corrected chi connectivity index (χ0v) is 14.5. The second-order valence-corrected chi connectivity index (χ2v) is 6.66. The first kappa shape index (κ1) is 19.7. The molecule has 0 radical (unpaired) electrons. The highest BCUT2D eigenvalue weighted by atomic mass is 16.8. The van der Waals surface area contributed by atoms with Crippen LogP contribution in [0.4, 0.5) is 0 Å². The summed E-state index contributed by atoms with van der Waals surface area (Å²) in [5.74, 6) is -0.237. The van der Waals surface area contributed by atoms with Gasteiger partial charge in [0, 0.05) is 25.4 Å². The molecule has 3 rings (SSSR count).